The number of aliphatic hydroxyl groups excluding tert-OH is 1. The molecule has 0 bridgehead atoms. The quantitative estimate of drug-likeness (QED) is 0.723. The molecule has 84 valence electrons. The van der Waals surface area contributed by atoms with Crippen molar-refractivity contribution in [2.45, 2.75) is 12.1 Å². The minimum Gasteiger partial charge on any atom is -0.490 e. The van der Waals surface area contributed by atoms with E-state index in [0.717, 1.165) is 5.56 Å². The molecule has 16 heavy (non-hydrogen) atoms. The number of rotatable bonds is 2. The number of amides is 1. The predicted molar refractivity (Wildman–Crippen MR) is 59.0 cm³/mol. The topological polar surface area (TPSA) is 58.6 Å². The fourth-order valence-corrected chi connectivity index (χ4v) is 1.73. The van der Waals surface area contributed by atoms with Gasteiger partial charge in [-0.05, 0) is 12.1 Å². The maximum absolute atomic E-state index is 11.3. The first-order valence-electron chi connectivity index (χ1n) is 5.05. The summed E-state index contributed by atoms with van der Waals surface area (Å²) in [5, 5.41) is 12.5. The Hall–Kier alpha value is -1.81. The van der Waals surface area contributed by atoms with Gasteiger partial charge in [-0.1, -0.05) is 24.8 Å². The first kappa shape index (κ1) is 10.7. The zero-order valence-corrected chi connectivity index (χ0v) is 8.72. The first-order valence-corrected chi connectivity index (χ1v) is 5.05. The van der Waals surface area contributed by atoms with E-state index in [9.17, 15) is 9.90 Å². The van der Waals surface area contributed by atoms with Crippen LogP contribution in [0.5, 0.6) is 5.75 Å². The van der Waals surface area contributed by atoms with Crippen LogP contribution in [0.1, 0.15) is 11.6 Å². The molecule has 1 heterocycles. The highest BCUT2D eigenvalue weighted by atomic mass is 16.5. The molecule has 2 atom stereocenters. The molecular weight excluding hydrogens is 206 g/mol. The van der Waals surface area contributed by atoms with Gasteiger partial charge in [-0.15, -0.1) is 0 Å². The Bertz CT molecular complexity index is 416. The van der Waals surface area contributed by atoms with Crippen LogP contribution in [0.25, 0.3) is 0 Å². The molecular formula is C12H13NO3. The summed E-state index contributed by atoms with van der Waals surface area (Å²) in [6.45, 7) is 3.56. The molecule has 0 saturated heterocycles. The van der Waals surface area contributed by atoms with Crippen molar-refractivity contribution in [3.63, 3.8) is 0 Å². The van der Waals surface area contributed by atoms with Gasteiger partial charge in [-0.3, -0.25) is 4.79 Å². The van der Waals surface area contributed by atoms with Gasteiger partial charge in [-0.25, -0.2) is 0 Å². The lowest BCUT2D eigenvalue weighted by Crippen LogP contribution is -2.41. The SMILES string of the molecule is C=CC(=O)N[C@@H]1c2ccccc2OC[C@H]1O. The smallest absolute Gasteiger partial charge is 0.243 e. The van der Waals surface area contributed by atoms with E-state index in [0.29, 0.717) is 5.75 Å². The summed E-state index contributed by atoms with van der Waals surface area (Å²) in [5.41, 5.74) is 0.788. The molecule has 1 aromatic rings. The third-order valence-corrected chi connectivity index (χ3v) is 2.53. The molecule has 2 rings (SSSR count). The highest BCUT2D eigenvalue weighted by Crippen LogP contribution is 2.31. The number of fused-ring (bicyclic) bond motifs is 1. The van der Waals surface area contributed by atoms with Crippen molar-refractivity contribution in [2.24, 2.45) is 0 Å². The van der Waals surface area contributed by atoms with Crippen molar-refractivity contribution < 1.29 is 14.6 Å². The zero-order valence-electron chi connectivity index (χ0n) is 8.72. The van der Waals surface area contributed by atoms with Crippen molar-refractivity contribution in [3.05, 3.63) is 42.5 Å². The van der Waals surface area contributed by atoms with Crippen molar-refractivity contribution >= 4 is 5.91 Å². The molecule has 0 aromatic heterocycles. The molecule has 1 aliphatic heterocycles. The Morgan fingerprint density at radius 1 is 1.56 bits per heavy atom. The second-order valence-corrected chi connectivity index (χ2v) is 3.61. The van der Waals surface area contributed by atoms with Crippen LogP contribution in [0.2, 0.25) is 0 Å². The van der Waals surface area contributed by atoms with Gasteiger partial charge in [-0.2, -0.15) is 0 Å². The number of para-hydroxylation sites is 1. The number of carbonyl (C=O) groups is 1. The van der Waals surface area contributed by atoms with E-state index in [-0.39, 0.29) is 12.5 Å². The number of nitrogens with one attached hydrogen (secondary N) is 1. The Kier molecular flexibility index (Phi) is 2.92. The van der Waals surface area contributed by atoms with Gasteiger partial charge in [0.05, 0.1) is 6.04 Å². The van der Waals surface area contributed by atoms with Crippen LogP contribution in [-0.2, 0) is 4.79 Å². The number of carbonyl (C=O) groups excluding carboxylic acids is 1. The van der Waals surface area contributed by atoms with Gasteiger partial charge in [0.2, 0.25) is 5.91 Å². The summed E-state index contributed by atoms with van der Waals surface area (Å²) in [5.74, 6) is 0.392. The molecule has 0 aliphatic carbocycles. The maximum atomic E-state index is 11.3. The Morgan fingerprint density at radius 2 is 2.31 bits per heavy atom. The molecule has 0 radical (unpaired) electrons. The number of hydrogen-bond acceptors (Lipinski definition) is 3. The van der Waals surface area contributed by atoms with Crippen LogP contribution < -0.4 is 10.1 Å². The Morgan fingerprint density at radius 3 is 3.06 bits per heavy atom. The van der Waals surface area contributed by atoms with E-state index in [2.05, 4.69) is 11.9 Å². The average molecular weight is 219 g/mol. The van der Waals surface area contributed by atoms with Gasteiger partial charge in [0.25, 0.3) is 0 Å². The minimum absolute atomic E-state index is 0.180. The third kappa shape index (κ3) is 1.92. The number of hydrogen-bond donors (Lipinski definition) is 2. The molecule has 0 spiro atoms. The van der Waals surface area contributed by atoms with Crippen LogP contribution >= 0.6 is 0 Å². The third-order valence-electron chi connectivity index (χ3n) is 2.53. The maximum Gasteiger partial charge on any atom is 0.243 e. The summed E-state index contributed by atoms with van der Waals surface area (Å²) in [7, 11) is 0. The molecule has 1 aromatic carbocycles. The first-order chi connectivity index (χ1) is 7.72. The summed E-state index contributed by atoms with van der Waals surface area (Å²) >= 11 is 0. The van der Waals surface area contributed by atoms with Crippen LogP contribution in [-0.4, -0.2) is 23.7 Å². The van der Waals surface area contributed by atoms with Gasteiger partial charge < -0.3 is 15.2 Å². The number of benzene rings is 1. The predicted octanol–water partition coefficient (Wildman–Crippen LogP) is 0.783. The van der Waals surface area contributed by atoms with Crippen LogP contribution in [0.4, 0.5) is 0 Å². The molecule has 0 saturated carbocycles. The van der Waals surface area contributed by atoms with Gasteiger partial charge >= 0.3 is 0 Å². The van der Waals surface area contributed by atoms with E-state index < -0.39 is 12.1 Å². The Balaban J connectivity index is 2.29. The lowest BCUT2D eigenvalue weighted by Gasteiger charge is -2.30. The summed E-state index contributed by atoms with van der Waals surface area (Å²) in [6, 6.07) is 6.89. The number of ether oxygens (including phenoxy) is 1. The molecule has 1 aliphatic rings. The monoisotopic (exact) mass is 219 g/mol. The highest BCUT2D eigenvalue weighted by molar-refractivity contribution is 5.87. The van der Waals surface area contributed by atoms with E-state index in [1.165, 1.54) is 6.08 Å². The van der Waals surface area contributed by atoms with E-state index in [4.69, 9.17) is 4.74 Å². The van der Waals surface area contributed by atoms with Crippen LogP contribution in [0.3, 0.4) is 0 Å². The highest BCUT2D eigenvalue weighted by Gasteiger charge is 2.29. The molecule has 0 fully saturated rings. The molecule has 2 N–H and O–H groups in total. The summed E-state index contributed by atoms with van der Waals surface area (Å²) in [4.78, 5) is 11.3. The van der Waals surface area contributed by atoms with E-state index in [1.807, 2.05) is 24.3 Å². The molecule has 4 heteroatoms. The normalized spacial score (nSPS) is 22.8. The second kappa shape index (κ2) is 4.37. The van der Waals surface area contributed by atoms with Crippen LogP contribution in [0.15, 0.2) is 36.9 Å². The fourth-order valence-electron chi connectivity index (χ4n) is 1.73. The van der Waals surface area contributed by atoms with Crippen LogP contribution in [0, 0.1) is 0 Å². The van der Waals surface area contributed by atoms with E-state index >= 15 is 0 Å². The van der Waals surface area contributed by atoms with Crippen molar-refractivity contribution in [3.8, 4) is 5.75 Å². The van der Waals surface area contributed by atoms with Gasteiger partial charge in [0.1, 0.15) is 18.5 Å². The largest absolute Gasteiger partial charge is 0.490 e. The van der Waals surface area contributed by atoms with Crippen molar-refractivity contribution in [1.29, 1.82) is 0 Å². The second-order valence-electron chi connectivity index (χ2n) is 3.61. The minimum atomic E-state index is -0.737. The zero-order chi connectivity index (χ0) is 11.5. The van der Waals surface area contributed by atoms with Crippen molar-refractivity contribution in [1.82, 2.24) is 5.32 Å². The number of aliphatic hydroxyl groups is 1. The summed E-state index contributed by atoms with van der Waals surface area (Å²) in [6.07, 6.45) is 0.448. The lowest BCUT2D eigenvalue weighted by atomic mass is 9.98. The molecule has 1 amide bonds. The Labute approximate surface area is 93.5 Å². The van der Waals surface area contributed by atoms with Gasteiger partial charge in [0.15, 0.2) is 0 Å². The van der Waals surface area contributed by atoms with E-state index in [1.54, 1.807) is 0 Å². The average Bonchev–Trinajstić information content (AvgIpc) is 2.32. The molecule has 4 nitrogen and oxygen atoms in total. The van der Waals surface area contributed by atoms with Crippen molar-refractivity contribution in [2.75, 3.05) is 6.61 Å². The van der Waals surface area contributed by atoms with Gasteiger partial charge in [0, 0.05) is 5.56 Å². The fraction of sp³-hybridized carbons (Fsp3) is 0.250. The summed E-state index contributed by atoms with van der Waals surface area (Å²) < 4.78 is 5.35. The standard InChI is InChI=1S/C12H13NO3/c1-2-11(15)13-12-8-5-3-4-6-10(8)16-7-9(12)14/h2-6,9,12,14H,1,7H2,(H,13,15)/t9-,12-/m1/s1. The molecule has 0 unspecified atom stereocenters. The lowest BCUT2D eigenvalue weighted by molar-refractivity contribution is -0.118.